The van der Waals surface area contributed by atoms with Crippen LogP contribution >= 0.6 is 0 Å². The summed E-state index contributed by atoms with van der Waals surface area (Å²) in [5.74, 6) is 1.66. The van der Waals surface area contributed by atoms with Gasteiger partial charge in [-0.15, -0.1) is 0 Å². The number of aromatic nitrogens is 1. The summed E-state index contributed by atoms with van der Waals surface area (Å²) in [7, 11) is 1.56. The molecule has 1 amide bonds. The van der Waals surface area contributed by atoms with Gasteiger partial charge in [0.15, 0.2) is 11.5 Å². The van der Waals surface area contributed by atoms with Gasteiger partial charge in [-0.3, -0.25) is 4.79 Å². The van der Waals surface area contributed by atoms with Crippen LogP contribution in [0.3, 0.4) is 0 Å². The summed E-state index contributed by atoms with van der Waals surface area (Å²) in [5, 5.41) is 6.98. The monoisotopic (exact) mass is 408 g/mol. The van der Waals surface area contributed by atoms with E-state index in [1.165, 1.54) is 5.56 Å². The molecular weight excluding hydrogens is 380 g/mol. The van der Waals surface area contributed by atoms with Gasteiger partial charge in [-0.2, -0.15) is 0 Å². The van der Waals surface area contributed by atoms with Crippen LogP contribution in [0.25, 0.3) is 0 Å². The maximum absolute atomic E-state index is 12.7. The first-order chi connectivity index (χ1) is 14.5. The zero-order chi connectivity index (χ0) is 21.5. The Morgan fingerprint density at radius 2 is 1.90 bits per heavy atom. The molecular formula is C24H28N2O4. The maximum Gasteiger partial charge on any atom is 0.251 e. The highest BCUT2D eigenvalue weighted by Gasteiger charge is 2.15. The fraction of sp³-hybridized carbons (Fsp3) is 0.333. The number of carbonyl (C=O) groups excluding carboxylic acids is 1. The van der Waals surface area contributed by atoms with Gasteiger partial charge in [-0.1, -0.05) is 35.5 Å². The number of ether oxygens (including phenoxy) is 2. The second-order valence-electron chi connectivity index (χ2n) is 7.36. The Bertz CT molecular complexity index is 963. The summed E-state index contributed by atoms with van der Waals surface area (Å²) in [6.07, 6.45) is 1.78. The Morgan fingerprint density at radius 1 is 1.13 bits per heavy atom. The molecule has 0 saturated carbocycles. The van der Waals surface area contributed by atoms with Gasteiger partial charge in [0, 0.05) is 11.6 Å². The van der Waals surface area contributed by atoms with Gasteiger partial charge < -0.3 is 19.3 Å². The minimum absolute atomic E-state index is 0.0548. The molecule has 1 unspecified atom stereocenters. The van der Waals surface area contributed by atoms with E-state index in [4.69, 9.17) is 14.0 Å². The number of methoxy groups -OCH3 is 1. The minimum atomic E-state index is -0.133. The van der Waals surface area contributed by atoms with Crippen LogP contribution in [0, 0.1) is 13.8 Å². The Kier molecular flexibility index (Phi) is 7.12. The number of nitrogens with zero attached hydrogens (tertiary/aromatic N) is 1. The van der Waals surface area contributed by atoms with Crippen molar-refractivity contribution >= 4 is 5.91 Å². The Balaban J connectivity index is 1.59. The van der Waals surface area contributed by atoms with Gasteiger partial charge >= 0.3 is 0 Å². The summed E-state index contributed by atoms with van der Waals surface area (Å²) < 4.78 is 16.5. The Labute approximate surface area is 177 Å². The average molecular weight is 408 g/mol. The molecule has 0 aliphatic rings. The molecule has 30 heavy (non-hydrogen) atoms. The van der Waals surface area contributed by atoms with E-state index < -0.39 is 0 Å². The van der Waals surface area contributed by atoms with Crippen molar-refractivity contribution in [3.63, 3.8) is 0 Å². The first-order valence-electron chi connectivity index (χ1n) is 10.0. The summed E-state index contributed by atoms with van der Waals surface area (Å²) >= 11 is 0. The van der Waals surface area contributed by atoms with Gasteiger partial charge in [0.2, 0.25) is 0 Å². The van der Waals surface area contributed by atoms with Crippen molar-refractivity contribution in [2.45, 2.75) is 46.3 Å². The third-order valence-corrected chi connectivity index (χ3v) is 5.07. The molecule has 0 bridgehead atoms. The van der Waals surface area contributed by atoms with Crippen molar-refractivity contribution in [1.82, 2.24) is 10.5 Å². The first kappa shape index (κ1) is 21.4. The van der Waals surface area contributed by atoms with Crippen LogP contribution in [0.1, 0.15) is 46.3 Å². The summed E-state index contributed by atoms with van der Waals surface area (Å²) in [6.45, 7) is 6.06. The van der Waals surface area contributed by atoms with Crippen LogP contribution in [0.5, 0.6) is 11.5 Å². The summed E-state index contributed by atoms with van der Waals surface area (Å²) in [4.78, 5) is 12.7. The largest absolute Gasteiger partial charge is 0.493 e. The zero-order valence-electron chi connectivity index (χ0n) is 17.9. The molecule has 2 aromatic carbocycles. The van der Waals surface area contributed by atoms with E-state index in [1.54, 1.807) is 25.3 Å². The highest BCUT2D eigenvalue weighted by atomic mass is 16.5. The Hall–Kier alpha value is -3.28. The molecule has 6 heteroatoms. The van der Waals surface area contributed by atoms with Gasteiger partial charge in [-0.05, 0) is 57.4 Å². The van der Waals surface area contributed by atoms with E-state index in [2.05, 4.69) is 22.6 Å². The maximum atomic E-state index is 12.7. The molecule has 1 aromatic heterocycles. The van der Waals surface area contributed by atoms with Crippen LogP contribution in [0.4, 0.5) is 0 Å². The predicted octanol–water partition coefficient (Wildman–Crippen LogP) is 4.63. The van der Waals surface area contributed by atoms with E-state index in [0.717, 1.165) is 29.9 Å². The molecule has 158 valence electrons. The zero-order valence-corrected chi connectivity index (χ0v) is 17.9. The third kappa shape index (κ3) is 5.41. The molecule has 0 radical (unpaired) electrons. The standard InChI is InChI=1S/C24H28N2O4/c1-16(10-11-19-8-6-5-7-9-19)25-24(27)20-12-13-22(23(14-20)28-4)29-15-21-17(2)26-30-18(21)3/h5-9,12-14,16H,10-11,15H2,1-4H3,(H,25,27). The SMILES string of the molecule is COc1cc(C(=O)NC(C)CCc2ccccc2)ccc1OCc1c(C)noc1C. The van der Waals surface area contributed by atoms with Crippen LogP contribution < -0.4 is 14.8 Å². The number of aryl methyl sites for hydroxylation is 3. The number of carbonyl (C=O) groups is 1. The van der Waals surface area contributed by atoms with Crippen LogP contribution in [0.2, 0.25) is 0 Å². The molecule has 0 aliphatic heterocycles. The number of rotatable bonds is 9. The summed E-state index contributed by atoms with van der Waals surface area (Å²) in [5.41, 5.74) is 3.50. The average Bonchev–Trinajstić information content (AvgIpc) is 3.08. The van der Waals surface area contributed by atoms with E-state index in [1.807, 2.05) is 39.0 Å². The van der Waals surface area contributed by atoms with Crippen LogP contribution in [-0.2, 0) is 13.0 Å². The second-order valence-corrected chi connectivity index (χ2v) is 7.36. The molecule has 0 fully saturated rings. The van der Waals surface area contributed by atoms with E-state index >= 15 is 0 Å². The lowest BCUT2D eigenvalue weighted by molar-refractivity contribution is 0.0938. The molecule has 1 N–H and O–H groups in total. The van der Waals surface area contributed by atoms with E-state index in [9.17, 15) is 4.79 Å². The smallest absolute Gasteiger partial charge is 0.251 e. The van der Waals surface area contributed by atoms with Gasteiger partial charge in [0.25, 0.3) is 5.91 Å². The van der Waals surface area contributed by atoms with Crippen LogP contribution in [-0.4, -0.2) is 24.2 Å². The molecule has 1 heterocycles. The molecule has 3 aromatic rings. The van der Waals surface area contributed by atoms with Crippen molar-refractivity contribution in [3.8, 4) is 11.5 Å². The van der Waals surface area contributed by atoms with E-state index in [-0.39, 0.29) is 11.9 Å². The van der Waals surface area contributed by atoms with Crippen molar-refractivity contribution < 1.29 is 18.8 Å². The first-order valence-corrected chi connectivity index (χ1v) is 10.0. The lowest BCUT2D eigenvalue weighted by Crippen LogP contribution is -2.32. The van der Waals surface area contributed by atoms with Gasteiger partial charge in [0.1, 0.15) is 12.4 Å². The molecule has 0 spiro atoms. The lowest BCUT2D eigenvalue weighted by Gasteiger charge is -2.15. The number of benzene rings is 2. The van der Waals surface area contributed by atoms with Gasteiger partial charge in [-0.25, -0.2) is 0 Å². The molecule has 0 aliphatic carbocycles. The van der Waals surface area contributed by atoms with Crippen molar-refractivity contribution in [2.75, 3.05) is 7.11 Å². The lowest BCUT2D eigenvalue weighted by atomic mass is 10.1. The highest BCUT2D eigenvalue weighted by molar-refractivity contribution is 5.95. The molecule has 1 atom stereocenters. The third-order valence-electron chi connectivity index (χ3n) is 5.07. The number of nitrogens with one attached hydrogen (secondary N) is 1. The van der Waals surface area contributed by atoms with E-state index in [0.29, 0.717) is 23.7 Å². The second kappa shape index (κ2) is 9.96. The number of amides is 1. The fourth-order valence-electron chi connectivity index (χ4n) is 3.19. The van der Waals surface area contributed by atoms with Crippen molar-refractivity contribution in [2.24, 2.45) is 0 Å². The Morgan fingerprint density at radius 3 is 2.57 bits per heavy atom. The van der Waals surface area contributed by atoms with Crippen LogP contribution in [0.15, 0.2) is 53.1 Å². The predicted molar refractivity (Wildman–Crippen MR) is 115 cm³/mol. The minimum Gasteiger partial charge on any atom is -0.493 e. The number of hydrogen-bond donors (Lipinski definition) is 1. The number of hydrogen-bond acceptors (Lipinski definition) is 5. The topological polar surface area (TPSA) is 73.6 Å². The quantitative estimate of drug-likeness (QED) is 0.559. The fourth-order valence-corrected chi connectivity index (χ4v) is 3.19. The molecule has 0 saturated heterocycles. The van der Waals surface area contributed by atoms with Crippen molar-refractivity contribution in [1.29, 1.82) is 0 Å². The molecule has 3 rings (SSSR count). The highest BCUT2D eigenvalue weighted by Crippen LogP contribution is 2.29. The van der Waals surface area contributed by atoms with Gasteiger partial charge in [0.05, 0.1) is 18.4 Å². The molecule has 6 nitrogen and oxygen atoms in total. The van der Waals surface area contributed by atoms with Crippen molar-refractivity contribution in [3.05, 3.63) is 76.7 Å². The normalized spacial score (nSPS) is 11.7. The summed E-state index contributed by atoms with van der Waals surface area (Å²) in [6, 6.07) is 15.5.